The third-order valence-electron chi connectivity index (χ3n) is 6.33. The molecule has 1 amide bonds. The summed E-state index contributed by atoms with van der Waals surface area (Å²) in [5, 5.41) is 0.405. The summed E-state index contributed by atoms with van der Waals surface area (Å²) in [6.45, 7) is 5.18. The van der Waals surface area contributed by atoms with Crippen molar-refractivity contribution in [2.75, 3.05) is 0 Å². The van der Waals surface area contributed by atoms with Crippen LogP contribution in [0, 0.1) is 0 Å². The van der Waals surface area contributed by atoms with Gasteiger partial charge in [-0.15, -0.1) is 9.35 Å². The Labute approximate surface area is 270 Å². The van der Waals surface area contributed by atoms with Crippen molar-refractivity contribution in [3.05, 3.63) is 126 Å². The van der Waals surface area contributed by atoms with Crippen LogP contribution in [-0.4, -0.2) is 22.2 Å². The van der Waals surface area contributed by atoms with E-state index in [1.54, 1.807) is 51.1 Å². The smallest absolute Gasteiger partial charge is 0.457 e. The molecule has 0 saturated heterocycles. The number of carbonyl (C=O) groups is 2. The zero-order valence-electron chi connectivity index (χ0n) is 25.9. The molecule has 0 saturated carbocycles. The van der Waals surface area contributed by atoms with Gasteiger partial charge in [-0.25, -0.2) is 19.1 Å². The van der Waals surface area contributed by atoms with Gasteiger partial charge in [0.25, 0.3) is 5.91 Å². The second-order valence-electron chi connectivity index (χ2n) is 11.2. The third-order valence-corrected chi connectivity index (χ3v) is 7.34. The fraction of sp³-hybridized carbons (Fsp3) is 0.176. The molecule has 5 rings (SSSR count). The van der Waals surface area contributed by atoms with Crippen molar-refractivity contribution < 1.29 is 47.3 Å². The molecular formula is C34H33N2O10P. The van der Waals surface area contributed by atoms with Gasteiger partial charge in [-0.1, -0.05) is 60.7 Å². The molecule has 12 nitrogen and oxygen atoms in total. The van der Waals surface area contributed by atoms with Crippen molar-refractivity contribution in [2.24, 2.45) is 5.73 Å². The van der Waals surface area contributed by atoms with Gasteiger partial charge in [0.15, 0.2) is 0 Å². The molecule has 0 unspecified atom stereocenters. The minimum Gasteiger partial charge on any atom is -0.457 e. The van der Waals surface area contributed by atoms with Gasteiger partial charge in [0.1, 0.15) is 36.1 Å². The first-order valence-electron chi connectivity index (χ1n) is 14.4. The molecule has 0 radical (unpaired) electrons. The first-order chi connectivity index (χ1) is 22.5. The maximum atomic E-state index is 13.5. The summed E-state index contributed by atoms with van der Waals surface area (Å²) in [6.07, 6.45) is 0.687. The van der Waals surface area contributed by atoms with E-state index in [1.165, 1.54) is 22.9 Å². The number of rotatable bonds is 13. The highest BCUT2D eigenvalue weighted by Crippen LogP contribution is 2.50. The minimum absolute atomic E-state index is 0.0218. The summed E-state index contributed by atoms with van der Waals surface area (Å²) < 4.78 is 41.9. The molecule has 0 aliphatic heterocycles. The molecule has 0 bridgehead atoms. The number of benzene rings is 4. The van der Waals surface area contributed by atoms with Gasteiger partial charge in [-0.3, -0.25) is 9.36 Å². The van der Waals surface area contributed by atoms with Crippen LogP contribution in [0.4, 0.5) is 4.79 Å². The summed E-state index contributed by atoms with van der Waals surface area (Å²) >= 11 is 0. The number of nitrogens with zero attached hydrogens (tertiary/aromatic N) is 1. The zero-order chi connectivity index (χ0) is 33.4. The number of fused-ring (bicyclic) bond motifs is 1. The van der Waals surface area contributed by atoms with Crippen molar-refractivity contribution in [2.45, 2.75) is 39.6 Å². The molecule has 0 atom stereocenters. The normalized spacial score (nSPS) is 11.7. The average molecular weight is 661 g/mol. The Kier molecular flexibility index (Phi) is 10.4. The lowest BCUT2D eigenvalue weighted by Crippen LogP contribution is -2.26. The van der Waals surface area contributed by atoms with E-state index in [0.717, 1.165) is 11.1 Å². The predicted molar refractivity (Wildman–Crippen MR) is 171 cm³/mol. The molecule has 1 aromatic heterocycles. The van der Waals surface area contributed by atoms with E-state index in [2.05, 4.69) is 0 Å². The maximum Gasteiger partial charge on any atom is 0.585 e. The molecular weight excluding hydrogens is 627 g/mol. The standard InChI is InChI=1S/C34H33N2O10P/c1-34(2,3)43-33(38)36-21-30(32(35)37)29-20-28(18-19-31(29)36)42-26-14-16-27(17-15-26)44-47(39,45-40-22-24-10-6-4-7-11-24)46-41-23-25-12-8-5-9-13-25/h4-21H,22-23H2,1-3H3,(H2,35,37). The quantitative estimate of drug-likeness (QED) is 0.0746. The Bertz CT molecular complexity index is 1820. The molecule has 0 spiro atoms. The second-order valence-corrected chi connectivity index (χ2v) is 12.6. The molecule has 0 fully saturated rings. The van der Waals surface area contributed by atoms with E-state index in [4.69, 9.17) is 38.9 Å². The van der Waals surface area contributed by atoms with Gasteiger partial charge < -0.3 is 19.7 Å². The second kappa shape index (κ2) is 14.6. The summed E-state index contributed by atoms with van der Waals surface area (Å²) in [6, 6.07) is 29.2. The van der Waals surface area contributed by atoms with Gasteiger partial charge in [0.2, 0.25) is 0 Å². The largest absolute Gasteiger partial charge is 0.585 e. The molecule has 2 N–H and O–H groups in total. The van der Waals surface area contributed by atoms with Crippen molar-refractivity contribution >= 4 is 30.7 Å². The van der Waals surface area contributed by atoms with Crippen molar-refractivity contribution in [3.8, 4) is 17.2 Å². The van der Waals surface area contributed by atoms with Crippen molar-refractivity contribution in [3.63, 3.8) is 0 Å². The van der Waals surface area contributed by atoms with E-state index in [9.17, 15) is 14.2 Å². The lowest BCUT2D eigenvalue weighted by atomic mass is 10.1. The number of primary amides is 1. The van der Waals surface area contributed by atoms with E-state index in [-0.39, 0.29) is 24.5 Å². The van der Waals surface area contributed by atoms with Crippen molar-refractivity contribution in [1.82, 2.24) is 4.57 Å². The number of nitrogens with two attached hydrogens (primary N) is 1. The van der Waals surface area contributed by atoms with E-state index in [0.29, 0.717) is 22.4 Å². The molecule has 47 heavy (non-hydrogen) atoms. The van der Waals surface area contributed by atoms with Crippen LogP contribution in [0.1, 0.15) is 42.3 Å². The monoisotopic (exact) mass is 660 g/mol. The summed E-state index contributed by atoms with van der Waals surface area (Å²) in [5.74, 6) is 0.122. The number of hydrogen-bond acceptors (Lipinski definition) is 10. The first kappa shape index (κ1) is 33.4. The van der Waals surface area contributed by atoms with Gasteiger partial charge >= 0.3 is 13.9 Å². The molecule has 0 aliphatic rings. The third kappa shape index (κ3) is 9.29. The SMILES string of the molecule is CC(C)(C)OC(=O)n1cc(C(N)=O)c2cc(Oc3ccc(OP(=O)(OOCc4ccccc4)OOCc4ccccc4)cc3)ccc21. The minimum atomic E-state index is -4.43. The number of amides is 1. The number of aromatic nitrogens is 1. The molecule has 1 heterocycles. The van der Waals surface area contributed by atoms with Crippen LogP contribution in [-0.2, 0) is 41.6 Å². The van der Waals surface area contributed by atoms with Crippen LogP contribution in [0.5, 0.6) is 17.2 Å². The van der Waals surface area contributed by atoms with Gasteiger partial charge in [-0.2, -0.15) is 0 Å². The molecule has 244 valence electrons. The molecule has 0 aliphatic carbocycles. The van der Waals surface area contributed by atoms with Crippen LogP contribution in [0.3, 0.4) is 0 Å². The summed E-state index contributed by atoms with van der Waals surface area (Å²) in [5.41, 5.74) is 6.94. The van der Waals surface area contributed by atoms with Crippen LogP contribution < -0.4 is 15.0 Å². The Morgan fingerprint density at radius 2 is 1.28 bits per heavy atom. The zero-order valence-corrected chi connectivity index (χ0v) is 26.8. The first-order valence-corrected chi connectivity index (χ1v) is 15.9. The van der Waals surface area contributed by atoms with E-state index >= 15 is 0 Å². The maximum absolute atomic E-state index is 13.5. The van der Waals surface area contributed by atoms with E-state index < -0.39 is 25.4 Å². The average Bonchev–Trinajstić information content (AvgIpc) is 3.42. The fourth-order valence-corrected chi connectivity index (χ4v) is 5.10. The number of hydrogen-bond donors (Lipinski definition) is 1. The van der Waals surface area contributed by atoms with Crippen LogP contribution >= 0.6 is 7.82 Å². The Morgan fingerprint density at radius 1 is 0.745 bits per heavy atom. The Balaban J connectivity index is 1.28. The summed E-state index contributed by atoms with van der Waals surface area (Å²) in [4.78, 5) is 35.3. The predicted octanol–water partition coefficient (Wildman–Crippen LogP) is 8.10. The molecule has 4 aromatic carbocycles. The van der Waals surface area contributed by atoms with Crippen molar-refractivity contribution in [1.29, 1.82) is 0 Å². The van der Waals surface area contributed by atoms with Crippen LogP contribution in [0.15, 0.2) is 109 Å². The Hall–Kier alpha value is -4.97. The number of ether oxygens (including phenoxy) is 2. The lowest BCUT2D eigenvalue weighted by Gasteiger charge is -2.19. The van der Waals surface area contributed by atoms with E-state index in [1.807, 2.05) is 60.7 Å². The van der Waals surface area contributed by atoms with Gasteiger partial charge in [0.05, 0.1) is 11.1 Å². The number of carbonyl (C=O) groups excluding carboxylic acids is 2. The van der Waals surface area contributed by atoms with Gasteiger partial charge in [-0.05, 0) is 74.4 Å². The van der Waals surface area contributed by atoms with Crippen LogP contribution in [0.25, 0.3) is 10.9 Å². The molecule has 13 heteroatoms. The highest BCUT2D eigenvalue weighted by Gasteiger charge is 2.33. The summed E-state index contributed by atoms with van der Waals surface area (Å²) in [7, 11) is -4.43. The lowest BCUT2D eigenvalue weighted by molar-refractivity contribution is -0.287. The highest BCUT2D eigenvalue weighted by molar-refractivity contribution is 7.48. The topological polar surface area (TPSA) is 147 Å². The fourth-order valence-electron chi connectivity index (χ4n) is 4.27. The Morgan fingerprint density at radius 3 is 1.81 bits per heavy atom. The number of phosphoric acid groups is 1. The van der Waals surface area contributed by atoms with Crippen LogP contribution in [0.2, 0.25) is 0 Å². The molecule has 5 aromatic rings. The highest BCUT2D eigenvalue weighted by atomic mass is 31.2. The van der Waals surface area contributed by atoms with Gasteiger partial charge in [0, 0.05) is 11.6 Å².